The average Bonchev–Trinajstić information content (AvgIpc) is 3.87. The van der Waals surface area contributed by atoms with Crippen molar-refractivity contribution in [1.29, 1.82) is 0 Å². The molecule has 0 unspecified atom stereocenters. The third-order valence-electron chi connectivity index (χ3n) is 9.89. The number of nitrogens with zero attached hydrogens (tertiary/aromatic N) is 2. The molecule has 0 aromatic rings. The number of ketones is 1. The smallest absolute Gasteiger partial charge is 0.316 e. The molecule has 12 heteroatoms. The number of likely N-dealkylation sites (N-methyl/N-ethyl adjacent to an activating group) is 1. The van der Waals surface area contributed by atoms with Gasteiger partial charge in [0.2, 0.25) is 17.7 Å². The van der Waals surface area contributed by atoms with Crippen molar-refractivity contribution in [2.45, 2.75) is 99.2 Å². The maximum atomic E-state index is 14.3. The zero-order chi connectivity index (χ0) is 33.8. The van der Waals surface area contributed by atoms with Crippen LogP contribution in [0.25, 0.3) is 0 Å². The lowest BCUT2D eigenvalue weighted by Gasteiger charge is -2.38. The van der Waals surface area contributed by atoms with E-state index >= 15 is 0 Å². The number of likely N-dealkylation sites (tertiary alicyclic amines) is 1. The lowest BCUT2D eigenvalue weighted by molar-refractivity contribution is -0.143. The summed E-state index contributed by atoms with van der Waals surface area (Å²) in [6, 6.07) is -3.41. The summed E-state index contributed by atoms with van der Waals surface area (Å²) in [7, 11) is 1.74. The Morgan fingerprint density at radius 1 is 0.933 bits per heavy atom. The number of rotatable bonds is 11. The van der Waals surface area contributed by atoms with Crippen molar-refractivity contribution in [1.82, 2.24) is 25.8 Å². The van der Waals surface area contributed by atoms with Gasteiger partial charge in [0.15, 0.2) is 0 Å². The average molecular weight is 629 g/mol. The molecule has 4 rings (SSSR count). The van der Waals surface area contributed by atoms with Crippen molar-refractivity contribution in [3.05, 3.63) is 11.8 Å². The van der Waals surface area contributed by atoms with Crippen LogP contribution < -0.4 is 21.7 Å². The predicted molar refractivity (Wildman–Crippen MR) is 168 cm³/mol. The lowest BCUT2D eigenvalue weighted by atomic mass is 9.84. The van der Waals surface area contributed by atoms with Gasteiger partial charge in [-0.05, 0) is 65.6 Å². The zero-order valence-corrected chi connectivity index (χ0v) is 28.3. The van der Waals surface area contributed by atoms with E-state index in [1.165, 1.54) is 4.90 Å². The summed E-state index contributed by atoms with van der Waals surface area (Å²) in [5, 5.41) is 8.30. The number of piperidine rings is 1. The first-order chi connectivity index (χ1) is 20.6. The minimum Gasteiger partial charge on any atom is -0.363 e. The summed E-state index contributed by atoms with van der Waals surface area (Å²) in [6.45, 7) is 16.1. The molecule has 3 saturated carbocycles. The van der Waals surface area contributed by atoms with Crippen molar-refractivity contribution >= 4 is 35.4 Å². The summed E-state index contributed by atoms with van der Waals surface area (Å²) in [5.41, 5.74) is 3.55. The first-order valence-electron chi connectivity index (χ1n) is 16.1. The van der Waals surface area contributed by atoms with Crippen molar-refractivity contribution in [3.63, 3.8) is 0 Å². The topological polar surface area (TPSA) is 171 Å². The van der Waals surface area contributed by atoms with Gasteiger partial charge >= 0.3 is 6.03 Å². The highest BCUT2D eigenvalue weighted by atomic mass is 16.2. The number of hydrogen-bond donors (Lipinski definition) is 4. The number of nitrogens with one attached hydrogen (secondary N) is 3. The summed E-state index contributed by atoms with van der Waals surface area (Å²) in [4.78, 5) is 82.3. The Bertz CT molecular complexity index is 1290. The molecule has 0 aromatic carbocycles. The molecule has 45 heavy (non-hydrogen) atoms. The number of carbonyl (C=O) groups excluding carboxylic acids is 6. The van der Waals surface area contributed by atoms with Gasteiger partial charge in [-0.1, -0.05) is 61.5 Å². The quantitative estimate of drug-likeness (QED) is 0.201. The summed E-state index contributed by atoms with van der Waals surface area (Å²) in [6.07, 6.45) is 5.44. The molecule has 5 atom stereocenters. The van der Waals surface area contributed by atoms with Crippen molar-refractivity contribution in [2.75, 3.05) is 20.1 Å². The molecule has 0 aromatic heterocycles. The third-order valence-corrected chi connectivity index (χ3v) is 9.89. The Balaban J connectivity index is 1.53. The fourth-order valence-electron chi connectivity index (χ4n) is 6.59. The van der Waals surface area contributed by atoms with E-state index in [4.69, 9.17) is 5.73 Å². The minimum absolute atomic E-state index is 0.0549. The van der Waals surface area contributed by atoms with Gasteiger partial charge in [-0.25, -0.2) is 4.79 Å². The number of urea groups is 1. The molecule has 1 aliphatic heterocycles. The molecule has 6 amide bonds. The third kappa shape index (κ3) is 7.69. The number of fused-ring (bicyclic) bond motifs is 1. The maximum absolute atomic E-state index is 14.3. The Morgan fingerprint density at radius 3 is 1.98 bits per heavy atom. The fraction of sp³-hybridized carbons (Fsp3) is 0.758. The molecular formula is C33H52N6O6. The molecule has 5 N–H and O–H groups in total. The Labute approximate surface area is 266 Å². The van der Waals surface area contributed by atoms with Gasteiger partial charge in [0.25, 0.3) is 11.7 Å². The van der Waals surface area contributed by atoms with Crippen LogP contribution in [0, 0.1) is 39.9 Å². The van der Waals surface area contributed by atoms with E-state index in [1.807, 2.05) is 55.4 Å². The van der Waals surface area contributed by atoms with Crippen LogP contribution in [-0.2, 0) is 24.0 Å². The minimum atomic E-state index is -1.17. The van der Waals surface area contributed by atoms with Crippen LogP contribution in [0.1, 0.15) is 81.1 Å². The molecular weight excluding hydrogens is 576 g/mol. The monoisotopic (exact) mass is 628 g/mol. The van der Waals surface area contributed by atoms with Gasteiger partial charge in [-0.2, -0.15) is 0 Å². The second kappa shape index (κ2) is 12.1. The first kappa shape index (κ1) is 34.4. The highest BCUT2D eigenvalue weighted by Crippen LogP contribution is 2.65. The van der Waals surface area contributed by atoms with Gasteiger partial charge in [-0.3, -0.25) is 24.0 Å². The number of nitrogens with two attached hydrogens (primary N) is 1. The van der Waals surface area contributed by atoms with Gasteiger partial charge in [0.1, 0.15) is 18.1 Å². The van der Waals surface area contributed by atoms with E-state index in [0.717, 1.165) is 25.7 Å². The molecule has 0 radical (unpaired) electrons. The molecule has 12 nitrogen and oxygen atoms in total. The standard InChI is InChI=1S/C33H52N6O6/c1-31(2,3)24(28(43)38(9)15-18-12-13-18)36-30(45)37-25(32(4,5)6)29(44)39-16-19-21(33(19,7)8)22(39)27(42)35-20(14-17-10-11-17)23(40)26(34)41/h14,17-19,21-22,24-25H,10-13,15-16H2,1-9H3,(H2,34,41)(H,35,42)(H2,36,37,45)/b20-14+/t19-,21-,22-,24+,25+/m0/s1. The van der Waals surface area contributed by atoms with E-state index in [-0.39, 0.29) is 34.8 Å². The fourth-order valence-corrected chi connectivity index (χ4v) is 6.59. The summed E-state index contributed by atoms with van der Waals surface area (Å²) < 4.78 is 0. The normalized spacial score (nSPS) is 25.4. The second-order valence-corrected chi connectivity index (χ2v) is 16.4. The van der Waals surface area contributed by atoms with Gasteiger partial charge in [0, 0.05) is 20.1 Å². The summed E-state index contributed by atoms with van der Waals surface area (Å²) in [5.74, 6) is -2.86. The van der Waals surface area contributed by atoms with E-state index in [9.17, 15) is 28.8 Å². The van der Waals surface area contributed by atoms with Crippen molar-refractivity contribution in [2.24, 2.45) is 45.7 Å². The molecule has 1 saturated heterocycles. The summed E-state index contributed by atoms with van der Waals surface area (Å²) >= 11 is 0. The van der Waals surface area contributed by atoms with E-state index in [1.54, 1.807) is 18.0 Å². The van der Waals surface area contributed by atoms with Crippen LogP contribution in [0.15, 0.2) is 11.8 Å². The molecule has 4 aliphatic rings. The van der Waals surface area contributed by atoms with E-state index in [2.05, 4.69) is 16.0 Å². The highest BCUT2D eigenvalue weighted by molar-refractivity contribution is 6.42. The lowest BCUT2D eigenvalue weighted by Crippen LogP contribution is -2.63. The Hall–Kier alpha value is -3.44. The number of amides is 6. The van der Waals surface area contributed by atoms with Crippen LogP contribution in [0.3, 0.4) is 0 Å². The molecule has 250 valence electrons. The van der Waals surface area contributed by atoms with E-state index < -0.39 is 58.5 Å². The largest absolute Gasteiger partial charge is 0.363 e. The van der Waals surface area contributed by atoms with Crippen LogP contribution in [-0.4, -0.2) is 83.5 Å². The van der Waals surface area contributed by atoms with E-state index in [0.29, 0.717) is 19.0 Å². The molecule has 3 aliphatic carbocycles. The SMILES string of the molecule is CN(CC1CC1)C(=O)[C@@H](NC(=O)N[C@H](C(=O)N1C[C@H]2[C@@H]([C@H]1C(=O)N/C(=C/C1CC1)C(=O)C(N)=O)C2(C)C)C(C)(C)C)C(C)(C)C. The van der Waals surface area contributed by atoms with Gasteiger partial charge in [0.05, 0.1) is 5.70 Å². The Kier molecular flexibility index (Phi) is 9.23. The van der Waals surface area contributed by atoms with Crippen LogP contribution in [0.2, 0.25) is 0 Å². The number of primary amides is 1. The molecule has 0 bridgehead atoms. The number of hydrogen-bond acceptors (Lipinski definition) is 6. The number of carbonyl (C=O) groups is 6. The number of Topliss-reactive ketones (excluding diaryl/α,β-unsaturated/α-hetero) is 1. The predicted octanol–water partition coefficient (Wildman–Crippen LogP) is 1.93. The first-order valence-corrected chi connectivity index (χ1v) is 16.1. The van der Waals surface area contributed by atoms with Gasteiger partial charge < -0.3 is 31.5 Å². The number of allylic oxidation sites excluding steroid dienone is 1. The molecule has 0 spiro atoms. The second-order valence-electron chi connectivity index (χ2n) is 16.4. The maximum Gasteiger partial charge on any atom is 0.316 e. The van der Waals surface area contributed by atoms with Crippen molar-refractivity contribution in [3.8, 4) is 0 Å². The molecule has 4 fully saturated rings. The van der Waals surface area contributed by atoms with Crippen LogP contribution >= 0.6 is 0 Å². The van der Waals surface area contributed by atoms with Crippen LogP contribution in [0.4, 0.5) is 4.79 Å². The zero-order valence-electron chi connectivity index (χ0n) is 28.3. The highest BCUT2D eigenvalue weighted by Gasteiger charge is 2.70. The van der Waals surface area contributed by atoms with Gasteiger partial charge in [-0.15, -0.1) is 0 Å². The van der Waals surface area contributed by atoms with Crippen LogP contribution in [0.5, 0.6) is 0 Å². The Morgan fingerprint density at radius 2 is 1.49 bits per heavy atom. The van der Waals surface area contributed by atoms with Crippen molar-refractivity contribution < 1.29 is 28.8 Å². The molecule has 1 heterocycles.